The van der Waals surface area contributed by atoms with Gasteiger partial charge in [0.25, 0.3) is 5.91 Å². The first-order valence-electron chi connectivity index (χ1n) is 12.2. The fourth-order valence-corrected chi connectivity index (χ4v) is 5.21. The molecule has 8 nitrogen and oxygen atoms in total. The Morgan fingerprint density at radius 2 is 1.66 bits per heavy atom. The number of benzene rings is 2. The monoisotopic (exact) mass is 498 g/mol. The molecule has 0 bridgehead atoms. The summed E-state index contributed by atoms with van der Waals surface area (Å²) in [6.07, 6.45) is 5.13. The van der Waals surface area contributed by atoms with Gasteiger partial charge < -0.3 is 15.5 Å². The summed E-state index contributed by atoms with van der Waals surface area (Å²) >= 11 is 0. The van der Waals surface area contributed by atoms with Gasteiger partial charge in [0.05, 0.1) is 16.5 Å². The number of hydrogen-bond acceptors (Lipinski definition) is 5. The summed E-state index contributed by atoms with van der Waals surface area (Å²) < 4.78 is 26.6. The Labute approximate surface area is 207 Å². The lowest BCUT2D eigenvalue weighted by Gasteiger charge is -2.31. The number of sulfonamides is 1. The van der Waals surface area contributed by atoms with Crippen LogP contribution in [0.4, 0.5) is 11.4 Å². The van der Waals surface area contributed by atoms with E-state index in [4.69, 9.17) is 0 Å². The van der Waals surface area contributed by atoms with E-state index in [9.17, 15) is 18.0 Å². The van der Waals surface area contributed by atoms with Crippen molar-refractivity contribution in [3.8, 4) is 0 Å². The summed E-state index contributed by atoms with van der Waals surface area (Å²) in [6.45, 7) is 3.56. The van der Waals surface area contributed by atoms with Crippen molar-refractivity contribution in [2.24, 2.45) is 5.92 Å². The molecule has 2 aromatic carbocycles. The molecule has 4 rings (SSSR count). The van der Waals surface area contributed by atoms with Gasteiger partial charge in [-0.3, -0.25) is 9.59 Å². The lowest BCUT2D eigenvalue weighted by Crippen LogP contribution is -2.34. The highest BCUT2D eigenvalue weighted by atomic mass is 32.2. The molecule has 1 heterocycles. The quantitative estimate of drug-likeness (QED) is 0.577. The van der Waals surface area contributed by atoms with Gasteiger partial charge in [0.2, 0.25) is 15.9 Å². The molecule has 9 heteroatoms. The number of nitrogens with one attached hydrogen (secondary N) is 2. The second kappa shape index (κ2) is 10.4. The molecular weight excluding hydrogens is 464 g/mol. The van der Waals surface area contributed by atoms with E-state index in [2.05, 4.69) is 15.5 Å². The zero-order chi connectivity index (χ0) is 25.2. The van der Waals surface area contributed by atoms with Gasteiger partial charge in [0.15, 0.2) is 0 Å². The van der Waals surface area contributed by atoms with E-state index in [0.29, 0.717) is 5.56 Å². The lowest BCUT2D eigenvalue weighted by atomic mass is 10.0. The Hall–Kier alpha value is -2.91. The maximum absolute atomic E-state index is 13.4. The minimum absolute atomic E-state index is 0.0527. The summed E-state index contributed by atoms with van der Waals surface area (Å²) in [5.74, 6) is -0.133. The zero-order valence-electron chi connectivity index (χ0n) is 20.6. The number of piperidine rings is 1. The molecule has 0 aromatic heterocycles. The van der Waals surface area contributed by atoms with Crippen LogP contribution < -0.4 is 15.5 Å². The molecule has 2 aliphatic rings. The maximum atomic E-state index is 13.4. The third-order valence-corrected chi connectivity index (χ3v) is 8.47. The van der Waals surface area contributed by atoms with E-state index in [-0.39, 0.29) is 28.7 Å². The molecule has 2 amide bonds. The van der Waals surface area contributed by atoms with Crippen molar-refractivity contribution in [1.82, 2.24) is 9.62 Å². The Bertz CT molecular complexity index is 1180. The van der Waals surface area contributed by atoms with Gasteiger partial charge in [-0.25, -0.2) is 12.7 Å². The van der Waals surface area contributed by atoms with Crippen LogP contribution in [0.25, 0.3) is 0 Å². The summed E-state index contributed by atoms with van der Waals surface area (Å²) in [5, 5.41) is 5.94. The standard InChI is InChI=1S/C26H34N4O4S/c1-18(19-9-11-21(12-10-19)28-25(31)20-7-8-20)27-26(32)23-17-22(35(33,34)29(2)3)13-14-24(23)30-15-5-4-6-16-30/h9-14,17-18,20H,4-8,15-16H2,1-3H3,(H,27,32)(H,28,31). The van der Waals surface area contributed by atoms with Gasteiger partial charge in [-0.05, 0) is 74.9 Å². The molecule has 1 atom stereocenters. The average molecular weight is 499 g/mol. The van der Waals surface area contributed by atoms with E-state index in [1.165, 1.54) is 20.2 Å². The number of amides is 2. The lowest BCUT2D eigenvalue weighted by molar-refractivity contribution is -0.117. The highest BCUT2D eigenvalue weighted by molar-refractivity contribution is 7.89. The molecule has 0 radical (unpaired) electrons. The van der Waals surface area contributed by atoms with Gasteiger partial charge in [-0.15, -0.1) is 0 Å². The number of rotatable bonds is 8. The maximum Gasteiger partial charge on any atom is 0.253 e. The third kappa shape index (κ3) is 5.85. The van der Waals surface area contributed by atoms with Crippen LogP contribution in [0.5, 0.6) is 0 Å². The number of nitrogens with zero attached hydrogens (tertiary/aromatic N) is 2. The summed E-state index contributed by atoms with van der Waals surface area (Å²) in [6, 6.07) is 11.9. The van der Waals surface area contributed by atoms with Gasteiger partial charge in [-0.1, -0.05) is 12.1 Å². The van der Waals surface area contributed by atoms with Crippen LogP contribution in [0.15, 0.2) is 47.4 Å². The molecule has 1 unspecified atom stereocenters. The molecule has 1 aliphatic carbocycles. The van der Waals surface area contributed by atoms with E-state index in [1.807, 2.05) is 31.2 Å². The largest absolute Gasteiger partial charge is 0.371 e. The Kier molecular flexibility index (Phi) is 7.47. The SMILES string of the molecule is CC(NC(=O)c1cc(S(=O)(=O)N(C)C)ccc1N1CCCCC1)c1ccc(NC(=O)C2CC2)cc1. The first-order chi connectivity index (χ1) is 16.7. The second-order valence-electron chi connectivity index (χ2n) is 9.59. The van der Waals surface area contributed by atoms with Crippen molar-refractivity contribution in [1.29, 1.82) is 0 Å². The van der Waals surface area contributed by atoms with E-state index in [0.717, 1.165) is 66.4 Å². The molecule has 2 N–H and O–H groups in total. The Morgan fingerprint density at radius 1 is 1.00 bits per heavy atom. The van der Waals surface area contributed by atoms with E-state index in [1.54, 1.807) is 12.1 Å². The minimum atomic E-state index is -3.68. The average Bonchev–Trinajstić information content (AvgIpc) is 3.70. The van der Waals surface area contributed by atoms with E-state index >= 15 is 0 Å². The Balaban J connectivity index is 1.55. The fraction of sp³-hybridized carbons (Fsp3) is 0.462. The van der Waals surface area contributed by atoms with Crippen LogP contribution >= 0.6 is 0 Å². The summed E-state index contributed by atoms with van der Waals surface area (Å²) in [5.41, 5.74) is 2.73. The van der Waals surface area contributed by atoms with Crippen molar-refractivity contribution >= 4 is 33.2 Å². The number of carbonyl (C=O) groups excluding carboxylic acids is 2. The van der Waals surface area contributed by atoms with Crippen molar-refractivity contribution in [3.63, 3.8) is 0 Å². The Morgan fingerprint density at radius 3 is 2.26 bits per heavy atom. The van der Waals surface area contributed by atoms with Gasteiger partial charge in [-0.2, -0.15) is 0 Å². The molecule has 35 heavy (non-hydrogen) atoms. The second-order valence-corrected chi connectivity index (χ2v) is 11.7. The minimum Gasteiger partial charge on any atom is -0.371 e. The topological polar surface area (TPSA) is 98.8 Å². The smallest absolute Gasteiger partial charge is 0.253 e. The van der Waals surface area contributed by atoms with Crippen LogP contribution in [-0.4, -0.2) is 51.7 Å². The molecular formula is C26H34N4O4S. The highest BCUT2D eigenvalue weighted by Gasteiger charge is 2.29. The molecule has 188 valence electrons. The van der Waals surface area contributed by atoms with Crippen LogP contribution in [-0.2, 0) is 14.8 Å². The highest BCUT2D eigenvalue weighted by Crippen LogP contribution is 2.31. The van der Waals surface area contributed by atoms with Crippen molar-refractivity contribution in [2.75, 3.05) is 37.4 Å². The van der Waals surface area contributed by atoms with E-state index < -0.39 is 10.0 Å². The first kappa shape index (κ1) is 25.2. The van der Waals surface area contributed by atoms with Crippen LogP contribution in [0, 0.1) is 5.92 Å². The summed E-state index contributed by atoms with van der Waals surface area (Å²) in [4.78, 5) is 27.7. The predicted molar refractivity (Wildman–Crippen MR) is 137 cm³/mol. The predicted octanol–water partition coefficient (Wildman–Crippen LogP) is 3.77. The van der Waals surface area contributed by atoms with Crippen molar-refractivity contribution < 1.29 is 18.0 Å². The van der Waals surface area contributed by atoms with Crippen LogP contribution in [0.3, 0.4) is 0 Å². The van der Waals surface area contributed by atoms with Gasteiger partial charge in [0.1, 0.15) is 0 Å². The molecule has 1 saturated heterocycles. The zero-order valence-corrected chi connectivity index (χ0v) is 21.4. The number of carbonyl (C=O) groups is 2. The fourth-order valence-electron chi connectivity index (χ4n) is 4.28. The van der Waals surface area contributed by atoms with Crippen LogP contribution in [0.1, 0.15) is 61.0 Å². The third-order valence-electron chi connectivity index (χ3n) is 6.66. The first-order valence-corrected chi connectivity index (χ1v) is 13.6. The number of hydrogen-bond donors (Lipinski definition) is 2. The summed E-state index contributed by atoms with van der Waals surface area (Å²) in [7, 11) is -0.720. The molecule has 2 fully saturated rings. The molecule has 1 saturated carbocycles. The van der Waals surface area contributed by atoms with Crippen molar-refractivity contribution in [3.05, 3.63) is 53.6 Å². The van der Waals surface area contributed by atoms with Gasteiger partial charge in [0, 0.05) is 44.5 Å². The molecule has 0 spiro atoms. The molecule has 2 aromatic rings. The molecule has 1 aliphatic heterocycles. The van der Waals surface area contributed by atoms with Gasteiger partial charge >= 0.3 is 0 Å². The van der Waals surface area contributed by atoms with Crippen LogP contribution in [0.2, 0.25) is 0 Å². The number of anilines is 2. The normalized spacial score (nSPS) is 17.2. The van der Waals surface area contributed by atoms with Crippen molar-refractivity contribution in [2.45, 2.75) is 50.0 Å².